The van der Waals surface area contributed by atoms with E-state index in [0.717, 1.165) is 33.7 Å². The second-order valence-corrected chi connectivity index (χ2v) is 11.0. The van der Waals surface area contributed by atoms with E-state index in [1.54, 1.807) is 44.2 Å². The minimum absolute atomic E-state index is 0.0548. The van der Waals surface area contributed by atoms with Gasteiger partial charge in [-0.15, -0.1) is 0 Å². The van der Waals surface area contributed by atoms with E-state index in [4.69, 9.17) is 11.6 Å². The van der Waals surface area contributed by atoms with Gasteiger partial charge in [0.25, 0.3) is 0 Å². The molecule has 0 saturated heterocycles. The number of aryl methyl sites for hydroxylation is 2. The second kappa shape index (κ2) is 11.7. The Labute approximate surface area is 208 Å². The molecule has 0 saturated carbocycles. The molecule has 0 aromatic heterocycles. The number of nitrogens with one attached hydrogen (secondary N) is 1. The Bertz CT molecular complexity index is 1140. The summed E-state index contributed by atoms with van der Waals surface area (Å²) in [6, 6.07) is 11.5. The Morgan fingerprint density at radius 1 is 1.09 bits per heavy atom. The predicted octanol–water partition coefficient (Wildman–Crippen LogP) is 4.05. The summed E-state index contributed by atoms with van der Waals surface area (Å²) in [4.78, 5) is 27.8. The van der Waals surface area contributed by atoms with Gasteiger partial charge in [-0.1, -0.05) is 48.4 Å². The Balaban J connectivity index is 2.42. The third-order valence-corrected chi connectivity index (χ3v) is 7.07. The van der Waals surface area contributed by atoms with Crippen LogP contribution in [0, 0.1) is 13.8 Å². The van der Waals surface area contributed by atoms with Crippen LogP contribution in [0.5, 0.6) is 0 Å². The van der Waals surface area contributed by atoms with Crippen molar-refractivity contribution in [1.29, 1.82) is 0 Å². The molecule has 34 heavy (non-hydrogen) atoms. The number of benzene rings is 2. The summed E-state index contributed by atoms with van der Waals surface area (Å²) in [6.45, 7) is 8.89. The molecule has 2 aromatic rings. The summed E-state index contributed by atoms with van der Waals surface area (Å²) < 4.78 is 26.4. The lowest BCUT2D eigenvalue weighted by Gasteiger charge is -2.32. The molecule has 0 aliphatic rings. The van der Waals surface area contributed by atoms with Gasteiger partial charge in [-0.3, -0.25) is 13.9 Å². The SMILES string of the molecule is CC[C@H](C)NC(=O)[C@@H](C)N(Cc1cccc(Cl)c1)C(=O)CN(c1ccc(C)cc1C)S(C)(=O)=O. The first-order valence-electron chi connectivity index (χ1n) is 11.2. The van der Waals surface area contributed by atoms with E-state index in [2.05, 4.69) is 5.32 Å². The van der Waals surface area contributed by atoms with Gasteiger partial charge in [0.15, 0.2) is 0 Å². The Morgan fingerprint density at radius 3 is 2.32 bits per heavy atom. The molecule has 0 aliphatic carbocycles. The minimum atomic E-state index is -3.77. The highest BCUT2D eigenvalue weighted by Gasteiger charge is 2.31. The summed E-state index contributed by atoms with van der Waals surface area (Å²) in [5, 5.41) is 3.41. The first-order chi connectivity index (χ1) is 15.8. The van der Waals surface area contributed by atoms with Crippen LogP contribution in [-0.4, -0.2) is 50.0 Å². The van der Waals surface area contributed by atoms with Crippen molar-refractivity contribution in [3.05, 3.63) is 64.2 Å². The lowest BCUT2D eigenvalue weighted by Crippen LogP contribution is -2.52. The van der Waals surface area contributed by atoms with Gasteiger partial charge in [-0.25, -0.2) is 8.42 Å². The maximum Gasteiger partial charge on any atom is 0.244 e. The molecular formula is C25H34ClN3O4S. The van der Waals surface area contributed by atoms with Crippen molar-refractivity contribution in [3.63, 3.8) is 0 Å². The minimum Gasteiger partial charge on any atom is -0.352 e. The van der Waals surface area contributed by atoms with Gasteiger partial charge in [0.1, 0.15) is 12.6 Å². The predicted molar refractivity (Wildman–Crippen MR) is 137 cm³/mol. The molecule has 0 spiro atoms. The smallest absolute Gasteiger partial charge is 0.244 e. The number of nitrogens with zero attached hydrogens (tertiary/aromatic N) is 2. The summed E-state index contributed by atoms with van der Waals surface area (Å²) in [5.74, 6) is -0.792. The van der Waals surface area contributed by atoms with Crippen molar-refractivity contribution in [1.82, 2.24) is 10.2 Å². The number of carbonyl (C=O) groups is 2. The van der Waals surface area contributed by atoms with E-state index < -0.39 is 28.5 Å². The normalized spacial score (nSPS) is 13.1. The molecule has 186 valence electrons. The van der Waals surface area contributed by atoms with Crippen molar-refractivity contribution in [2.45, 2.75) is 59.7 Å². The van der Waals surface area contributed by atoms with Gasteiger partial charge in [0, 0.05) is 17.6 Å². The summed E-state index contributed by atoms with van der Waals surface area (Å²) >= 11 is 6.12. The van der Waals surface area contributed by atoms with Crippen LogP contribution < -0.4 is 9.62 Å². The first kappa shape index (κ1) is 27.7. The van der Waals surface area contributed by atoms with Gasteiger partial charge in [-0.05, 0) is 63.4 Å². The fraction of sp³-hybridized carbons (Fsp3) is 0.440. The Morgan fingerprint density at radius 2 is 1.76 bits per heavy atom. The number of halogens is 1. The molecule has 7 nitrogen and oxygen atoms in total. The summed E-state index contributed by atoms with van der Waals surface area (Å²) in [6.07, 6.45) is 1.81. The molecule has 0 heterocycles. The number of anilines is 1. The highest BCUT2D eigenvalue weighted by molar-refractivity contribution is 7.92. The van der Waals surface area contributed by atoms with E-state index >= 15 is 0 Å². The van der Waals surface area contributed by atoms with Gasteiger partial charge in [0.05, 0.1) is 11.9 Å². The van der Waals surface area contributed by atoms with Crippen LogP contribution in [0.1, 0.15) is 43.9 Å². The molecule has 0 aliphatic heterocycles. The number of amides is 2. The number of rotatable bonds is 10. The number of hydrogen-bond donors (Lipinski definition) is 1. The van der Waals surface area contributed by atoms with Gasteiger partial charge in [0.2, 0.25) is 21.8 Å². The van der Waals surface area contributed by atoms with Gasteiger partial charge < -0.3 is 10.2 Å². The third-order valence-electron chi connectivity index (χ3n) is 5.71. The molecule has 9 heteroatoms. The zero-order valence-corrected chi connectivity index (χ0v) is 22.2. The first-order valence-corrected chi connectivity index (χ1v) is 13.4. The standard InChI is InChI=1S/C25H34ClN3O4S/c1-7-19(4)27-25(31)20(5)28(15-21-9-8-10-22(26)14-21)24(30)16-29(34(6,32)33)23-12-11-17(2)13-18(23)3/h8-14,19-20H,7,15-16H2,1-6H3,(H,27,31)/t19-,20+/m0/s1. The van der Waals surface area contributed by atoms with Crippen LogP contribution in [0.15, 0.2) is 42.5 Å². The fourth-order valence-electron chi connectivity index (χ4n) is 3.56. The lowest BCUT2D eigenvalue weighted by atomic mass is 10.1. The molecule has 0 fully saturated rings. The average Bonchev–Trinajstić information content (AvgIpc) is 2.74. The highest BCUT2D eigenvalue weighted by Crippen LogP contribution is 2.24. The van der Waals surface area contributed by atoms with Crippen molar-refractivity contribution in [2.75, 3.05) is 17.1 Å². The Hall–Kier alpha value is -2.58. The van der Waals surface area contributed by atoms with E-state index in [0.29, 0.717) is 10.7 Å². The molecule has 0 bridgehead atoms. The summed E-state index contributed by atoms with van der Waals surface area (Å²) in [7, 11) is -3.77. The number of sulfonamides is 1. The number of carbonyl (C=O) groups excluding carboxylic acids is 2. The second-order valence-electron chi connectivity index (χ2n) is 8.70. The quantitative estimate of drug-likeness (QED) is 0.525. The largest absolute Gasteiger partial charge is 0.352 e. The van der Waals surface area contributed by atoms with E-state index in [-0.39, 0.29) is 18.5 Å². The maximum absolute atomic E-state index is 13.5. The van der Waals surface area contributed by atoms with E-state index in [9.17, 15) is 18.0 Å². The average molecular weight is 508 g/mol. The van der Waals surface area contributed by atoms with Crippen LogP contribution in [0.25, 0.3) is 0 Å². The van der Waals surface area contributed by atoms with E-state index in [1.165, 1.54) is 4.90 Å². The van der Waals surface area contributed by atoms with Crippen molar-refractivity contribution in [2.24, 2.45) is 0 Å². The molecule has 2 aromatic carbocycles. The molecule has 2 atom stereocenters. The van der Waals surface area contributed by atoms with Crippen molar-refractivity contribution >= 4 is 39.1 Å². The molecule has 1 N–H and O–H groups in total. The maximum atomic E-state index is 13.5. The molecule has 2 rings (SSSR count). The molecule has 2 amide bonds. The molecule has 0 radical (unpaired) electrons. The van der Waals surface area contributed by atoms with Crippen molar-refractivity contribution in [3.8, 4) is 0 Å². The Kier molecular flexibility index (Phi) is 9.53. The lowest BCUT2D eigenvalue weighted by molar-refractivity contribution is -0.139. The molecule has 0 unspecified atom stereocenters. The van der Waals surface area contributed by atoms with Crippen LogP contribution in [0.4, 0.5) is 5.69 Å². The monoisotopic (exact) mass is 507 g/mol. The van der Waals surface area contributed by atoms with Crippen molar-refractivity contribution < 1.29 is 18.0 Å². The fourth-order valence-corrected chi connectivity index (χ4v) is 4.68. The summed E-state index contributed by atoms with van der Waals surface area (Å²) in [5.41, 5.74) is 2.89. The third kappa shape index (κ3) is 7.46. The van der Waals surface area contributed by atoms with Crippen LogP contribution in [0.2, 0.25) is 5.02 Å². The van der Waals surface area contributed by atoms with E-state index in [1.807, 2.05) is 32.9 Å². The van der Waals surface area contributed by atoms with Gasteiger partial charge in [-0.2, -0.15) is 0 Å². The van der Waals surface area contributed by atoms with Crippen LogP contribution in [0.3, 0.4) is 0 Å². The molecular weight excluding hydrogens is 474 g/mol. The zero-order valence-electron chi connectivity index (χ0n) is 20.6. The topological polar surface area (TPSA) is 86.8 Å². The highest BCUT2D eigenvalue weighted by atomic mass is 35.5. The van der Waals surface area contributed by atoms with Crippen LogP contribution in [-0.2, 0) is 26.2 Å². The zero-order chi connectivity index (χ0) is 25.6. The number of hydrogen-bond acceptors (Lipinski definition) is 4. The van der Waals surface area contributed by atoms with Crippen LogP contribution >= 0.6 is 11.6 Å². The van der Waals surface area contributed by atoms with Gasteiger partial charge >= 0.3 is 0 Å².